The minimum Gasteiger partial charge on any atom is -0.308 e. The van der Waals surface area contributed by atoms with E-state index in [-0.39, 0.29) is 17.3 Å². The first kappa shape index (κ1) is 23.4. The van der Waals surface area contributed by atoms with Crippen molar-refractivity contribution in [3.63, 3.8) is 0 Å². The topological polar surface area (TPSA) is 33.4 Å². The number of fused-ring (bicyclic) bond motifs is 1. The number of benzene rings is 2. The minimum atomic E-state index is 0.160. The fourth-order valence-corrected chi connectivity index (χ4v) is 6.50. The number of imidazole rings is 1. The average Bonchev–Trinajstić information content (AvgIpc) is 3.00. The molecular formula is C29H40N4O. The lowest BCUT2D eigenvalue weighted by atomic mass is 9.79. The summed E-state index contributed by atoms with van der Waals surface area (Å²) in [5.74, 6) is 0. The van der Waals surface area contributed by atoms with Crippen molar-refractivity contribution in [2.24, 2.45) is 0 Å². The van der Waals surface area contributed by atoms with Crippen LogP contribution in [0, 0.1) is 0 Å². The number of hydrogen-bond donors (Lipinski definition) is 0. The van der Waals surface area contributed by atoms with Crippen molar-refractivity contribution in [2.45, 2.75) is 69.5 Å². The van der Waals surface area contributed by atoms with Crippen molar-refractivity contribution in [1.29, 1.82) is 0 Å². The maximum atomic E-state index is 13.6. The van der Waals surface area contributed by atoms with Gasteiger partial charge in [-0.05, 0) is 57.5 Å². The van der Waals surface area contributed by atoms with Gasteiger partial charge in [-0.15, -0.1) is 0 Å². The Morgan fingerprint density at radius 2 is 1.47 bits per heavy atom. The van der Waals surface area contributed by atoms with Gasteiger partial charge in [0.25, 0.3) is 0 Å². The Balaban J connectivity index is 1.42. The van der Waals surface area contributed by atoms with Crippen LogP contribution in [-0.4, -0.2) is 52.7 Å². The number of para-hydroxylation sites is 2. The molecule has 1 aliphatic carbocycles. The maximum absolute atomic E-state index is 13.6. The molecule has 2 aromatic carbocycles. The van der Waals surface area contributed by atoms with E-state index in [4.69, 9.17) is 0 Å². The zero-order valence-electron chi connectivity index (χ0n) is 21.0. The second-order valence-electron chi connectivity index (χ2n) is 10.6. The number of rotatable bonds is 6. The van der Waals surface area contributed by atoms with Gasteiger partial charge in [-0.2, -0.15) is 0 Å². The van der Waals surface area contributed by atoms with Crippen molar-refractivity contribution in [3.05, 3.63) is 70.6 Å². The molecule has 1 aliphatic heterocycles. The first-order chi connectivity index (χ1) is 16.6. The van der Waals surface area contributed by atoms with Gasteiger partial charge in [0.1, 0.15) is 0 Å². The van der Waals surface area contributed by atoms with Crippen LogP contribution >= 0.6 is 0 Å². The fraction of sp³-hybridized carbons (Fsp3) is 0.552. The van der Waals surface area contributed by atoms with Gasteiger partial charge in [0, 0.05) is 37.8 Å². The van der Waals surface area contributed by atoms with Gasteiger partial charge in [-0.25, -0.2) is 4.79 Å². The summed E-state index contributed by atoms with van der Waals surface area (Å²) in [5, 5.41) is 0. The molecule has 0 radical (unpaired) electrons. The number of nitrogens with zero attached hydrogens (tertiary/aromatic N) is 4. The summed E-state index contributed by atoms with van der Waals surface area (Å²) < 4.78 is 4.10. The van der Waals surface area contributed by atoms with Crippen LogP contribution in [0.5, 0.6) is 0 Å². The highest BCUT2D eigenvalue weighted by molar-refractivity contribution is 5.76. The van der Waals surface area contributed by atoms with E-state index in [1.54, 1.807) is 0 Å². The molecule has 1 aromatic heterocycles. The number of aromatic nitrogens is 2. The molecule has 2 aliphatic rings. The quantitative estimate of drug-likeness (QED) is 0.471. The monoisotopic (exact) mass is 460 g/mol. The van der Waals surface area contributed by atoms with E-state index in [0.29, 0.717) is 0 Å². The zero-order valence-corrected chi connectivity index (χ0v) is 21.0. The summed E-state index contributed by atoms with van der Waals surface area (Å²) in [6.45, 7) is 3.72. The van der Waals surface area contributed by atoms with Gasteiger partial charge in [0.15, 0.2) is 0 Å². The molecule has 0 N–H and O–H groups in total. The smallest absolute Gasteiger partial charge is 0.308 e. The van der Waals surface area contributed by atoms with Crippen LogP contribution in [0.3, 0.4) is 0 Å². The van der Waals surface area contributed by atoms with Crippen molar-refractivity contribution >= 4 is 11.0 Å². The van der Waals surface area contributed by atoms with Gasteiger partial charge in [-0.1, -0.05) is 68.1 Å². The van der Waals surface area contributed by atoms with Crippen molar-refractivity contribution in [2.75, 3.05) is 33.7 Å². The molecule has 0 amide bonds. The first-order valence-corrected chi connectivity index (χ1v) is 13.3. The van der Waals surface area contributed by atoms with Crippen LogP contribution in [0.15, 0.2) is 59.4 Å². The molecule has 5 heteroatoms. The van der Waals surface area contributed by atoms with Crippen molar-refractivity contribution in [3.8, 4) is 0 Å². The molecule has 2 heterocycles. The minimum absolute atomic E-state index is 0.160. The summed E-state index contributed by atoms with van der Waals surface area (Å²) >= 11 is 0. The largest absolute Gasteiger partial charge is 0.329 e. The van der Waals surface area contributed by atoms with Gasteiger partial charge in [-0.3, -0.25) is 14.0 Å². The van der Waals surface area contributed by atoms with Gasteiger partial charge in [0.2, 0.25) is 0 Å². The van der Waals surface area contributed by atoms with Gasteiger partial charge >= 0.3 is 5.69 Å². The van der Waals surface area contributed by atoms with Crippen LogP contribution in [0.4, 0.5) is 0 Å². The predicted molar refractivity (Wildman–Crippen MR) is 140 cm³/mol. The molecule has 5 nitrogen and oxygen atoms in total. The molecule has 182 valence electrons. The Bertz CT molecular complexity index is 1130. The van der Waals surface area contributed by atoms with Gasteiger partial charge in [0.05, 0.1) is 11.0 Å². The summed E-state index contributed by atoms with van der Waals surface area (Å²) in [7, 11) is 4.13. The Morgan fingerprint density at radius 1 is 0.853 bits per heavy atom. The number of piperidine rings is 1. The molecule has 0 bridgehead atoms. The van der Waals surface area contributed by atoms with E-state index in [1.807, 2.05) is 4.57 Å². The molecule has 5 rings (SSSR count). The highest BCUT2D eigenvalue weighted by Crippen LogP contribution is 2.43. The van der Waals surface area contributed by atoms with Crippen LogP contribution in [-0.2, 0) is 12.1 Å². The fourth-order valence-electron chi connectivity index (χ4n) is 6.50. The molecule has 0 spiro atoms. The number of likely N-dealkylation sites (N-methyl/N-ethyl adjacent to an activating group) is 1. The Morgan fingerprint density at radius 3 is 2.12 bits per heavy atom. The number of hydrogen-bond acceptors (Lipinski definition) is 3. The first-order valence-electron chi connectivity index (χ1n) is 13.3. The summed E-state index contributed by atoms with van der Waals surface area (Å²) in [5.41, 5.74) is 3.98. The second-order valence-corrected chi connectivity index (χ2v) is 10.6. The normalized spacial score (nSPS) is 20.1. The van der Waals surface area contributed by atoms with E-state index in [2.05, 4.69) is 83.1 Å². The molecule has 0 unspecified atom stereocenters. The predicted octanol–water partition coefficient (Wildman–Crippen LogP) is 5.25. The Kier molecular flexibility index (Phi) is 6.94. The lowest BCUT2D eigenvalue weighted by Gasteiger charge is -2.47. The van der Waals surface area contributed by atoms with Crippen molar-refractivity contribution in [1.82, 2.24) is 18.9 Å². The third-order valence-corrected chi connectivity index (χ3v) is 8.32. The van der Waals surface area contributed by atoms with E-state index >= 15 is 0 Å². The van der Waals surface area contributed by atoms with Gasteiger partial charge < -0.3 is 4.90 Å². The molecule has 3 aromatic rings. The van der Waals surface area contributed by atoms with E-state index in [9.17, 15) is 4.79 Å². The highest BCUT2D eigenvalue weighted by Gasteiger charge is 2.40. The summed E-state index contributed by atoms with van der Waals surface area (Å²) in [4.78, 5) is 18.5. The van der Waals surface area contributed by atoms with E-state index < -0.39 is 0 Å². The van der Waals surface area contributed by atoms with Crippen LogP contribution < -0.4 is 5.69 Å². The Hall–Kier alpha value is -2.37. The second kappa shape index (κ2) is 10.1. The maximum Gasteiger partial charge on any atom is 0.329 e. The lowest BCUT2D eigenvalue weighted by molar-refractivity contribution is 0.0354. The SMILES string of the molecule is CN(C)CCn1c(=O)n(C2CCN(C3(c4ccccc4)CCCCCC3)CC2)c2ccccc21. The summed E-state index contributed by atoms with van der Waals surface area (Å²) in [6.07, 6.45) is 9.92. The number of likely N-dealkylation sites (tertiary alicyclic amines) is 1. The highest BCUT2D eigenvalue weighted by atomic mass is 16.1. The lowest BCUT2D eigenvalue weighted by Crippen LogP contribution is -2.50. The van der Waals surface area contributed by atoms with E-state index in [1.165, 1.54) is 44.1 Å². The molecule has 0 atom stereocenters. The summed E-state index contributed by atoms with van der Waals surface area (Å²) in [6, 6.07) is 19.9. The van der Waals surface area contributed by atoms with E-state index in [0.717, 1.165) is 50.1 Å². The third kappa shape index (κ3) is 4.36. The Labute approximate surface area is 204 Å². The molecule has 34 heavy (non-hydrogen) atoms. The third-order valence-electron chi connectivity index (χ3n) is 8.32. The zero-order chi connectivity index (χ0) is 23.5. The molecular weight excluding hydrogens is 420 g/mol. The average molecular weight is 461 g/mol. The van der Waals surface area contributed by atoms with Crippen LogP contribution in [0.1, 0.15) is 63.0 Å². The standard InChI is InChI=1S/C29H40N4O/c1-30(2)22-23-32-26-14-8-9-15-27(26)33(28(32)34)25-16-20-31(21-17-25)29(18-10-3-4-11-19-29)24-12-6-5-7-13-24/h5-9,12-15,25H,3-4,10-11,16-23H2,1-2H3. The van der Waals surface area contributed by atoms with Crippen molar-refractivity contribution < 1.29 is 0 Å². The van der Waals surface area contributed by atoms with Crippen LogP contribution in [0.25, 0.3) is 11.0 Å². The molecule has 1 saturated carbocycles. The van der Waals surface area contributed by atoms with Crippen LogP contribution in [0.2, 0.25) is 0 Å². The molecule has 1 saturated heterocycles. The molecule has 2 fully saturated rings.